The molecule has 0 saturated carbocycles. The van der Waals surface area contributed by atoms with Crippen molar-refractivity contribution in [2.45, 2.75) is 25.8 Å². The predicted octanol–water partition coefficient (Wildman–Crippen LogP) is 3.76. The summed E-state index contributed by atoms with van der Waals surface area (Å²) < 4.78 is 21.2. The Kier molecular flexibility index (Phi) is 4.56. The van der Waals surface area contributed by atoms with Gasteiger partial charge in [-0.2, -0.15) is 0 Å². The van der Waals surface area contributed by atoms with Crippen LogP contribution in [0.1, 0.15) is 31.6 Å². The summed E-state index contributed by atoms with van der Waals surface area (Å²) in [4.78, 5) is 18.9. The summed E-state index contributed by atoms with van der Waals surface area (Å²) in [5.74, 6) is 0.844. The Bertz CT molecular complexity index is 976. The Morgan fingerprint density at radius 2 is 1.89 bits per heavy atom. The maximum atomic E-state index is 13.6. The SMILES string of the molecule is CC(C)c1nc2ccccc2n1C1CN(C(=O)COc2ccccc2F)C1. The molecule has 0 spiro atoms. The number of carbonyl (C=O) groups excluding carboxylic acids is 1. The topological polar surface area (TPSA) is 47.4 Å². The second-order valence-electron chi connectivity index (χ2n) is 7.16. The van der Waals surface area contributed by atoms with Gasteiger partial charge < -0.3 is 14.2 Å². The summed E-state index contributed by atoms with van der Waals surface area (Å²) in [6, 6.07) is 14.4. The van der Waals surface area contributed by atoms with E-state index in [1.54, 1.807) is 17.0 Å². The van der Waals surface area contributed by atoms with E-state index in [0.29, 0.717) is 19.0 Å². The van der Waals surface area contributed by atoms with Gasteiger partial charge in [-0.1, -0.05) is 38.1 Å². The van der Waals surface area contributed by atoms with Crippen LogP contribution in [0.15, 0.2) is 48.5 Å². The van der Waals surface area contributed by atoms with Crippen molar-refractivity contribution in [2.24, 2.45) is 0 Å². The van der Waals surface area contributed by atoms with Crippen molar-refractivity contribution in [1.29, 1.82) is 0 Å². The molecule has 1 aromatic heterocycles. The first-order valence-electron chi connectivity index (χ1n) is 9.16. The maximum Gasteiger partial charge on any atom is 0.260 e. The highest BCUT2D eigenvalue weighted by atomic mass is 19.1. The van der Waals surface area contributed by atoms with Gasteiger partial charge in [0, 0.05) is 19.0 Å². The zero-order chi connectivity index (χ0) is 19.0. The van der Waals surface area contributed by atoms with E-state index in [0.717, 1.165) is 16.9 Å². The summed E-state index contributed by atoms with van der Waals surface area (Å²) in [7, 11) is 0. The van der Waals surface area contributed by atoms with Crippen LogP contribution in [-0.2, 0) is 4.79 Å². The lowest BCUT2D eigenvalue weighted by Gasteiger charge is -2.41. The summed E-state index contributed by atoms with van der Waals surface area (Å²) in [5, 5.41) is 0. The average molecular weight is 367 g/mol. The number of carbonyl (C=O) groups is 1. The van der Waals surface area contributed by atoms with Gasteiger partial charge >= 0.3 is 0 Å². The van der Waals surface area contributed by atoms with Crippen molar-refractivity contribution < 1.29 is 13.9 Å². The van der Waals surface area contributed by atoms with Crippen molar-refractivity contribution in [1.82, 2.24) is 14.5 Å². The zero-order valence-corrected chi connectivity index (χ0v) is 15.4. The fraction of sp³-hybridized carbons (Fsp3) is 0.333. The molecule has 1 amide bonds. The second-order valence-corrected chi connectivity index (χ2v) is 7.16. The van der Waals surface area contributed by atoms with Crippen molar-refractivity contribution in [3.8, 4) is 5.75 Å². The minimum atomic E-state index is -0.460. The van der Waals surface area contributed by atoms with Crippen LogP contribution in [0.25, 0.3) is 11.0 Å². The van der Waals surface area contributed by atoms with Crippen LogP contribution in [0.4, 0.5) is 4.39 Å². The number of halogens is 1. The number of fused-ring (bicyclic) bond motifs is 1. The summed E-state index contributed by atoms with van der Waals surface area (Å²) in [6.07, 6.45) is 0. The Hall–Kier alpha value is -2.89. The molecule has 140 valence electrons. The zero-order valence-electron chi connectivity index (χ0n) is 15.4. The van der Waals surface area contributed by atoms with Crippen LogP contribution in [0, 0.1) is 5.82 Å². The third kappa shape index (κ3) is 3.27. The van der Waals surface area contributed by atoms with Gasteiger partial charge in [0.25, 0.3) is 5.91 Å². The van der Waals surface area contributed by atoms with Gasteiger partial charge in [-0.05, 0) is 24.3 Å². The molecule has 1 aliphatic heterocycles. The monoisotopic (exact) mass is 367 g/mol. The molecule has 1 saturated heterocycles. The molecule has 0 bridgehead atoms. The van der Waals surface area contributed by atoms with Gasteiger partial charge in [-0.25, -0.2) is 9.37 Å². The van der Waals surface area contributed by atoms with Gasteiger partial charge in [0.2, 0.25) is 0 Å². The molecule has 1 aliphatic rings. The fourth-order valence-electron chi connectivity index (χ4n) is 3.47. The first kappa shape index (κ1) is 17.5. The molecule has 0 unspecified atom stereocenters. The van der Waals surface area contributed by atoms with Crippen LogP contribution < -0.4 is 4.74 Å². The van der Waals surface area contributed by atoms with Gasteiger partial charge in [-0.3, -0.25) is 4.79 Å². The fourth-order valence-corrected chi connectivity index (χ4v) is 3.47. The molecule has 3 aromatic rings. The van der Waals surface area contributed by atoms with E-state index in [-0.39, 0.29) is 24.3 Å². The highest BCUT2D eigenvalue weighted by Gasteiger charge is 2.34. The molecule has 4 rings (SSSR count). The summed E-state index contributed by atoms with van der Waals surface area (Å²) in [6.45, 7) is 5.32. The third-order valence-electron chi connectivity index (χ3n) is 4.91. The van der Waals surface area contributed by atoms with Gasteiger partial charge in [0.1, 0.15) is 5.82 Å². The van der Waals surface area contributed by atoms with Crippen molar-refractivity contribution in [3.05, 3.63) is 60.2 Å². The summed E-state index contributed by atoms with van der Waals surface area (Å²) in [5.41, 5.74) is 2.08. The number of hydrogen-bond acceptors (Lipinski definition) is 3. The number of likely N-dealkylation sites (tertiary alicyclic amines) is 1. The number of nitrogens with zero attached hydrogens (tertiary/aromatic N) is 3. The van der Waals surface area contributed by atoms with Crippen LogP contribution >= 0.6 is 0 Å². The molecule has 0 radical (unpaired) electrons. The average Bonchev–Trinajstić information content (AvgIpc) is 3.00. The minimum absolute atomic E-state index is 0.102. The van der Waals surface area contributed by atoms with Crippen LogP contribution in [0.3, 0.4) is 0 Å². The van der Waals surface area contributed by atoms with E-state index in [1.807, 2.05) is 18.2 Å². The van der Waals surface area contributed by atoms with Crippen LogP contribution in [0.5, 0.6) is 5.75 Å². The maximum absolute atomic E-state index is 13.6. The lowest BCUT2D eigenvalue weighted by atomic mass is 10.1. The number of benzene rings is 2. The Morgan fingerprint density at radius 1 is 1.19 bits per heavy atom. The minimum Gasteiger partial charge on any atom is -0.481 e. The Morgan fingerprint density at radius 3 is 2.63 bits per heavy atom. The van der Waals surface area contributed by atoms with Crippen molar-refractivity contribution >= 4 is 16.9 Å². The number of ether oxygens (including phenoxy) is 1. The van der Waals surface area contributed by atoms with Crippen molar-refractivity contribution in [3.63, 3.8) is 0 Å². The molecular formula is C21H22FN3O2. The van der Waals surface area contributed by atoms with Crippen LogP contribution in [-0.4, -0.2) is 40.1 Å². The molecule has 6 heteroatoms. The Balaban J connectivity index is 1.44. The van der Waals surface area contributed by atoms with Gasteiger partial charge in [0.05, 0.1) is 17.1 Å². The Labute approximate surface area is 157 Å². The van der Waals surface area contributed by atoms with Crippen LogP contribution in [0.2, 0.25) is 0 Å². The molecule has 0 aliphatic carbocycles. The number of rotatable bonds is 5. The van der Waals surface area contributed by atoms with E-state index >= 15 is 0 Å². The molecule has 27 heavy (non-hydrogen) atoms. The molecule has 0 atom stereocenters. The lowest BCUT2D eigenvalue weighted by molar-refractivity contribution is -0.139. The van der Waals surface area contributed by atoms with E-state index in [4.69, 9.17) is 9.72 Å². The molecule has 2 heterocycles. The summed E-state index contributed by atoms with van der Waals surface area (Å²) >= 11 is 0. The number of amides is 1. The lowest BCUT2D eigenvalue weighted by Crippen LogP contribution is -2.52. The first-order chi connectivity index (χ1) is 13.0. The largest absolute Gasteiger partial charge is 0.481 e. The number of hydrogen-bond donors (Lipinski definition) is 0. The van der Waals surface area contributed by atoms with Crippen molar-refractivity contribution in [2.75, 3.05) is 19.7 Å². The second kappa shape index (κ2) is 7.02. The highest BCUT2D eigenvalue weighted by molar-refractivity contribution is 5.79. The van der Waals surface area contributed by atoms with E-state index in [2.05, 4.69) is 24.5 Å². The molecule has 5 nitrogen and oxygen atoms in total. The number of aromatic nitrogens is 2. The number of para-hydroxylation sites is 3. The van der Waals surface area contributed by atoms with Gasteiger partial charge in [0.15, 0.2) is 18.2 Å². The standard InChI is InChI=1S/C21H22FN3O2/c1-14(2)21-23-17-8-4-5-9-18(17)25(21)15-11-24(12-15)20(26)13-27-19-10-6-3-7-16(19)22/h3-10,14-15H,11-13H2,1-2H3. The molecular weight excluding hydrogens is 345 g/mol. The van der Waals surface area contributed by atoms with E-state index in [1.165, 1.54) is 12.1 Å². The smallest absolute Gasteiger partial charge is 0.260 e. The predicted molar refractivity (Wildman–Crippen MR) is 101 cm³/mol. The quantitative estimate of drug-likeness (QED) is 0.690. The third-order valence-corrected chi connectivity index (χ3v) is 4.91. The molecule has 2 aromatic carbocycles. The highest BCUT2D eigenvalue weighted by Crippen LogP contribution is 2.31. The normalized spacial score (nSPS) is 14.6. The number of imidazole rings is 1. The molecule has 1 fully saturated rings. The van der Waals surface area contributed by atoms with Gasteiger partial charge in [-0.15, -0.1) is 0 Å². The first-order valence-corrected chi connectivity index (χ1v) is 9.16. The molecule has 0 N–H and O–H groups in total. The van der Waals surface area contributed by atoms with E-state index in [9.17, 15) is 9.18 Å². The van der Waals surface area contributed by atoms with E-state index < -0.39 is 5.82 Å².